The minimum absolute atomic E-state index is 0.110. The van der Waals surface area contributed by atoms with Crippen molar-refractivity contribution >= 4 is 10.0 Å². The van der Waals surface area contributed by atoms with Gasteiger partial charge in [-0.15, -0.1) is 0 Å². The Kier molecular flexibility index (Phi) is 6.35. The van der Waals surface area contributed by atoms with Crippen LogP contribution in [0.3, 0.4) is 0 Å². The minimum Gasteiger partial charge on any atom is -0.300 e. The molecular weight excluding hydrogens is 303 g/mol. The van der Waals surface area contributed by atoms with Crippen LogP contribution in [0.1, 0.15) is 39.0 Å². The van der Waals surface area contributed by atoms with E-state index in [2.05, 4.69) is 16.5 Å². The summed E-state index contributed by atoms with van der Waals surface area (Å²) in [6, 6.07) is 5.54. The molecule has 1 aliphatic rings. The maximum atomic E-state index is 12.8. The van der Waals surface area contributed by atoms with Crippen molar-refractivity contribution in [3.8, 4) is 0 Å². The lowest BCUT2D eigenvalue weighted by Crippen LogP contribution is -2.40. The Labute approximate surface area is 132 Å². The Morgan fingerprint density at radius 3 is 2.68 bits per heavy atom. The molecule has 6 heteroatoms. The molecule has 1 heterocycles. The number of benzene rings is 1. The van der Waals surface area contributed by atoms with Crippen molar-refractivity contribution in [2.75, 3.05) is 19.6 Å². The molecule has 1 atom stereocenters. The Morgan fingerprint density at radius 2 is 2.00 bits per heavy atom. The molecule has 1 fully saturated rings. The van der Waals surface area contributed by atoms with Gasteiger partial charge in [-0.2, -0.15) is 0 Å². The van der Waals surface area contributed by atoms with Crippen LogP contribution in [0.5, 0.6) is 0 Å². The molecule has 0 bridgehead atoms. The van der Waals surface area contributed by atoms with Gasteiger partial charge in [0.2, 0.25) is 10.0 Å². The second-order valence-electron chi connectivity index (χ2n) is 5.80. The van der Waals surface area contributed by atoms with Gasteiger partial charge in [-0.05, 0) is 63.0 Å². The lowest BCUT2D eigenvalue weighted by molar-refractivity contribution is 0.143. The number of halogens is 1. The third-order valence-corrected chi connectivity index (χ3v) is 5.74. The van der Waals surface area contributed by atoms with Crippen molar-refractivity contribution in [3.05, 3.63) is 30.1 Å². The number of likely N-dealkylation sites (tertiary alicyclic amines) is 1. The maximum absolute atomic E-state index is 12.8. The molecule has 1 N–H and O–H groups in total. The molecule has 0 radical (unpaired) electrons. The van der Waals surface area contributed by atoms with Gasteiger partial charge in [0.1, 0.15) is 5.82 Å². The predicted molar refractivity (Wildman–Crippen MR) is 85.7 cm³/mol. The van der Waals surface area contributed by atoms with Crippen LogP contribution in [-0.4, -0.2) is 39.0 Å². The van der Waals surface area contributed by atoms with Gasteiger partial charge in [-0.25, -0.2) is 17.5 Å². The monoisotopic (exact) mass is 328 g/mol. The molecule has 0 spiro atoms. The van der Waals surface area contributed by atoms with Gasteiger partial charge in [0, 0.05) is 12.6 Å². The molecule has 1 aliphatic heterocycles. The predicted octanol–water partition coefficient (Wildman–Crippen LogP) is 2.76. The summed E-state index contributed by atoms with van der Waals surface area (Å²) in [7, 11) is -3.53. The zero-order valence-corrected chi connectivity index (χ0v) is 13.9. The molecule has 4 nitrogen and oxygen atoms in total. The standard InChI is InChI=1S/C16H25FN2O2S/c1-2-15-6-3-4-12-19(15)13-5-11-18-22(20,21)16-9-7-14(17)8-10-16/h7-10,15,18H,2-6,11-13H2,1H3. The summed E-state index contributed by atoms with van der Waals surface area (Å²) < 4.78 is 39.6. The van der Waals surface area contributed by atoms with Crippen molar-refractivity contribution < 1.29 is 12.8 Å². The molecule has 0 saturated carbocycles. The lowest BCUT2D eigenvalue weighted by Gasteiger charge is -2.35. The zero-order valence-electron chi connectivity index (χ0n) is 13.1. The van der Waals surface area contributed by atoms with Crippen LogP contribution in [0.15, 0.2) is 29.2 Å². The van der Waals surface area contributed by atoms with Crippen molar-refractivity contribution in [1.82, 2.24) is 9.62 Å². The van der Waals surface area contributed by atoms with Crippen molar-refractivity contribution in [2.45, 2.75) is 50.0 Å². The molecule has 1 unspecified atom stereocenters. The fourth-order valence-corrected chi connectivity index (χ4v) is 4.08. The lowest BCUT2D eigenvalue weighted by atomic mass is 10.00. The van der Waals surface area contributed by atoms with Crippen LogP contribution in [-0.2, 0) is 10.0 Å². The number of nitrogens with one attached hydrogen (secondary N) is 1. The quantitative estimate of drug-likeness (QED) is 0.783. The van der Waals surface area contributed by atoms with E-state index < -0.39 is 15.8 Å². The molecule has 1 saturated heterocycles. The maximum Gasteiger partial charge on any atom is 0.240 e. The summed E-state index contributed by atoms with van der Waals surface area (Å²) in [5.41, 5.74) is 0. The summed E-state index contributed by atoms with van der Waals surface area (Å²) in [6.07, 6.45) is 5.72. The van der Waals surface area contributed by atoms with Gasteiger partial charge in [0.05, 0.1) is 4.90 Å². The fraction of sp³-hybridized carbons (Fsp3) is 0.625. The van der Waals surface area contributed by atoms with Gasteiger partial charge in [0.15, 0.2) is 0 Å². The number of piperidine rings is 1. The normalized spacial score (nSPS) is 20.2. The Balaban J connectivity index is 1.79. The zero-order chi connectivity index (χ0) is 16.0. The first-order chi connectivity index (χ1) is 10.5. The van der Waals surface area contributed by atoms with Crippen LogP contribution in [0, 0.1) is 5.82 Å². The fourth-order valence-electron chi connectivity index (χ4n) is 3.00. The van der Waals surface area contributed by atoms with E-state index >= 15 is 0 Å². The Hall–Kier alpha value is -0.980. The van der Waals surface area contributed by atoms with E-state index in [0.29, 0.717) is 12.6 Å². The number of sulfonamides is 1. The first kappa shape index (κ1) is 17.4. The van der Waals surface area contributed by atoms with Gasteiger partial charge < -0.3 is 4.90 Å². The molecule has 0 amide bonds. The van der Waals surface area contributed by atoms with Crippen LogP contribution < -0.4 is 4.72 Å². The number of hydrogen-bond acceptors (Lipinski definition) is 3. The molecule has 1 aromatic carbocycles. The molecular formula is C16H25FN2O2S. The van der Waals surface area contributed by atoms with Crippen LogP contribution in [0.25, 0.3) is 0 Å². The van der Waals surface area contributed by atoms with Crippen LogP contribution in [0.4, 0.5) is 4.39 Å². The number of hydrogen-bond donors (Lipinski definition) is 1. The van der Waals surface area contributed by atoms with Gasteiger partial charge >= 0.3 is 0 Å². The molecule has 124 valence electrons. The van der Waals surface area contributed by atoms with Crippen molar-refractivity contribution in [1.29, 1.82) is 0 Å². The Morgan fingerprint density at radius 1 is 1.27 bits per heavy atom. The summed E-state index contributed by atoms with van der Waals surface area (Å²) in [6.45, 7) is 4.65. The third-order valence-electron chi connectivity index (χ3n) is 4.26. The highest BCUT2D eigenvalue weighted by molar-refractivity contribution is 7.89. The van der Waals surface area contributed by atoms with E-state index in [-0.39, 0.29) is 4.90 Å². The molecule has 1 aromatic rings. The summed E-state index contributed by atoms with van der Waals surface area (Å²) in [5.74, 6) is -0.436. The number of nitrogens with zero attached hydrogens (tertiary/aromatic N) is 1. The topological polar surface area (TPSA) is 49.4 Å². The molecule has 2 rings (SSSR count). The summed E-state index contributed by atoms with van der Waals surface area (Å²) in [4.78, 5) is 2.58. The van der Waals surface area contributed by atoms with Gasteiger partial charge in [-0.3, -0.25) is 0 Å². The van der Waals surface area contributed by atoms with E-state index in [1.807, 2.05) is 0 Å². The summed E-state index contributed by atoms with van der Waals surface area (Å²) in [5, 5.41) is 0. The minimum atomic E-state index is -3.53. The summed E-state index contributed by atoms with van der Waals surface area (Å²) >= 11 is 0. The third kappa shape index (κ3) is 4.76. The van der Waals surface area contributed by atoms with Gasteiger partial charge in [0.25, 0.3) is 0 Å². The van der Waals surface area contributed by atoms with E-state index in [4.69, 9.17) is 0 Å². The van der Waals surface area contributed by atoms with Crippen LogP contribution >= 0.6 is 0 Å². The first-order valence-electron chi connectivity index (χ1n) is 8.02. The molecule has 0 aromatic heterocycles. The smallest absolute Gasteiger partial charge is 0.240 e. The largest absolute Gasteiger partial charge is 0.300 e. The highest BCUT2D eigenvalue weighted by Gasteiger charge is 2.20. The number of rotatable bonds is 7. The van der Waals surface area contributed by atoms with E-state index in [9.17, 15) is 12.8 Å². The van der Waals surface area contributed by atoms with E-state index in [1.54, 1.807) is 0 Å². The SMILES string of the molecule is CCC1CCCCN1CCCNS(=O)(=O)c1ccc(F)cc1. The van der Waals surface area contributed by atoms with Crippen molar-refractivity contribution in [3.63, 3.8) is 0 Å². The van der Waals surface area contributed by atoms with Crippen molar-refractivity contribution in [2.24, 2.45) is 0 Å². The highest BCUT2D eigenvalue weighted by atomic mass is 32.2. The van der Waals surface area contributed by atoms with E-state index in [0.717, 1.165) is 38.1 Å². The highest BCUT2D eigenvalue weighted by Crippen LogP contribution is 2.19. The average molecular weight is 328 g/mol. The van der Waals surface area contributed by atoms with Crippen LogP contribution in [0.2, 0.25) is 0 Å². The second-order valence-corrected chi connectivity index (χ2v) is 7.57. The Bertz CT molecular complexity index is 560. The van der Waals surface area contributed by atoms with Gasteiger partial charge in [-0.1, -0.05) is 13.3 Å². The molecule has 0 aliphatic carbocycles. The first-order valence-corrected chi connectivity index (χ1v) is 9.50. The second kappa shape index (κ2) is 8.04. The average Bonchev–Trinajstić information content (AvgIpc) is 2.52. The molecule has 22 heavy (non-hydrogen) atoms. The van der Waals surface area contributed by atoms with E-state index in [1.165, 1.54) is 31.4 Å².